The van der Waals surface area contributed by atoms with E-state index in [-0.39, 0.29) is 5.91 Å². The lowest BCUT2D eigenvalue weighted by atomic mass is 10.1. The van der Waals surface area contributed by atoms with Crippen molar-refractivity contribution in [1.29, 1.82) is 0 Å². The fourth-order valence-electron chi connectivity index (χ4n) is 2.86. The van der Waals surface area contributed by atoms with E-state index in [0.29, 0.717) is 23.4 Å². The second kappa shape index (κ2) is 9.01. The Labute approximate surface area is 169 Å². The van der Waals surface area contributed by atoms with E-state index >= 15 is 0 Å². The largest absolute Gasteiger partial charge is 0.355 e. The standard InChI is InChI=1S/C21H25N5OS/c1-14(2)12-23-19(27)13-28-21-25-24-20(17-5-7-22-8-6-17)26(21)18-10-15(3)9-16(4)11-18/h5-11,14H,12-13H2,1-4H3,(H,23,27). The van der Waals surface area contributed by atoms with Crippen molar-refractivity contribution >= 4 is 17.7 Å². The van der Waals surface area contributed by atoms with Gasteiger partial charge in [-0.05, 0) is 55.2 Å². The number of benzene rings is 1. The Bertz CT molecular complexity index is 932. The van der Waals surface area contributed by atoms with Gasteiger partial charge in [-0.2, -0.15) is 0 Å². The van der Waals surface area contributed by atoms with Crippen LogP contribution in [0.5, 0.6) is 0 Å². The Morgan fingerprint density at radius 1 is 1.11 bits per heavy atom. The molecule has 0 aliphatic heterocycles. The van der Waals surface area contributed by atoms with Crippen LogP contribution in [-0.4, -0.2) is 38.0 Å². The zero-order valence-electron chi connectivity index (χ0n) is 16.6. The van der Waals surface area contributed by atoms with Crippen molar-refractivity contribution in [3.63, 3.8) is 0 Å². The second-order valence-electron chi connectivity index (χ2n) is 7.21. The summed E-state index contributed by atoms with van der Waals surface area (Å²) in [6.45, 7) is 8.96. The number of carbonyl (C=O) groups excluding carboxylic acids is 1. The first kappa shape index (κ1) is 20.1. The predicted molar refractivity (Wildman–Crippen MR) is 113 cm³/mol. The second-order valence-corrected chi connectivity index (χ2v) is 8.15. The van der Waals surface area contributed by atoms with Gasteiger partial charge in [-0.1, -0.05) is 31.7 Å². The molecule has 0 aliphatic rings. The summed E-state index contributed by atoms with van der Waals surface area (Å²) < 4.78 is 2.01. The van der Waals surface area contributed by atoms with Crippen LogP contribution in [0.4, 0.5) is 0 Å². The van der Waals surface area contributed by atoms with Gasteiger partial charge in [-0.25, -0.2) is 0 Å². The highest BCUT2D eigenvalue weighted by molar-refractivity contribution is 7.99. The zero-order chi connectivity index (χ0) is 20.1. The van der Waals surface area contributed by atoms with Crippen molar-refractivity contribution in [2.75, 3.05) is 12.3 Å². The van der Waals surface area contributed by atoms with Crippen molar-refractivity contribution in [3.8, 4) is 17.1 Å². The molecule has 28 heavy (non-hydrogen) atoms. The molecule has 146 valence electrons. The summed E-state index contributed by atoms with van der Waals surface area (Å²) >= 11 is 1.39. The van der Waals surface area contributed by atoms with Gasteiger partial charge in [0.15, 0.2) is 11.0 Å². The van der Waals surface area contributed by atoms with E-state index in [9.17, 15) is 4.79 Å². The minimum atomic E-state index is -0.000802. The van der Waals surface area contributed by atoms with Gasteiger partial charge in [-0.3, -0.25) is 14.3 Å². The van der Waals surface area contributed by atoms with Gasteiger partial charge in [0.1, 0.15) is 0 Å². The number of carbonyl (C=O) groups is 1. The van der Waals surface area contributed by atoms with E-state index in [1.807, 2.05) is 16.7 Å². The fraction of sp³-hybridized carbons (Fsp3) is 0.333. The number of thioether (sulfide) groups is 1. The van der Waals surface area contributed by atoms with Crippen LogP contribution in [0.2, 0.25) is 0 Å². The van der Waals surface area contributed by atoms with Gasteiger partial charge in [0.05, 0.1) is 11.4 Å². The average molecular weight is 396 g/mol. The molecular weight excluding hydrogens is 370 g/mol. The number of hydrogen-bond donors (Lipinski definition) is 1. The molecule has 0 unspecified atom stereocenters. The predicted octanol–water partition coefficient (Wildman–Crippen LogP) is 3.81. The maximum atomic E-state index is 12.2. The molecule has 0 spiro atoms. The summed E-state index contributed by atoms with van der Waals surface area (Å²) in [5.74, 6) is 1.45. The molecule has 0 radical (unpaired) electrons. The normalized spacial score (nSPS) is 11.0. The number of nitrogens with one attached hydrogen (secondary N) is 1. The monoisotopic (exact) mass is 395 g/mol. The lowest BCUT2D eigenvalue weighted by molar-refractivity contribution is -0.118. The minimum absolute atomic E-state index is 0.000802. The van der Waals surface area contributed by atoms with Crippen molar-refractivity contribution in [3.05, 3.63) is 53.9 Å². The molecular formula is C21H25N5OS. The van der Waals surface area contributed by atoms with Crippen LogP contribution in [-0.2, 0) is 4.79 Å². The third-order valence-corrected chi connectivity index (χ3v) is 5.01. The minimum Gasteiger partial charge on any atom is -0.355 e. The van der Waals surface area contributed by atoms with Gasteiger partial charge in [0.25, 0.3) is 0 Å². The molecule has 0 aliphatic carbocycles. The van der Waals surface area contributed by atoms with Crippen molar-refractivity contribution in [1.82, 2.24) is 25.1 Å². The SMILES string of the molecule is Cc1cc(C)cc(-n2c(SCC(=O)NCC(C)C)nnc2-c2ccncc2)c1. The van der Waals surface area contributed by atoms with E-state index in [4.69, 9.17) is 0 Å². The molecule has 3 rings (SSSR count). The Morgan fingerprint density at radius 2 is 1.79 bits per heavy atom. The number of aromatic nitrogens is 4. The number of pyridine rings is 1. The number of nitrogens with zero attached hydrogens (tertiary/aromatic N) is 4. The Hall–Kier alpha value is -2.67. The molecule has 7 heteroatoms. The van der Waals surface area contributed by atoms with Crippen LogP contribution in [0.15, 0.2) is 47.9 Å². The fourth-order valence-corrected chi connectivity index (χ4v) is 3.64. The van der Waals surface area contributed by atoms with Crippen LogP contribution >= 0.6 is 11.8 Å². The molecule has 0 saturated carbocycles. The van der Waals surface area contributed by atoms with Gasteiger partial charge in [0, 0.05) is 24.5 Å². The molecule has 0 bridgehead atoms. The average Bonchev–Trinajstić information content (AvgIpc) is 3.08. The van der Waals surface area contributed by atoms with Crippen LogP contribution in [0.1, 0.15) is 25.0 Å². The molecule has 0 fully saturated rings. The Morgan fingerprint density at radius 3 is 2.43 bits per heavy atom. The van der Waals surface area contributed by atoms with Gasteiger partial charge >= 0.3 is 0 Å². The van der Waals surface area contributed by atoms with E-state index in [2.05, 4.69) is 66.4 Å². The topological polar surface area (TPSA) is 72.7 Å². The van der Waals surface area contributed by atoms with Crippen LogP contribution in [0, 0.1) is 19.8 Å². The summed E-state index contributed by atoms with van der Waals surface area (Å²) in [5.41, 5.74) is 4.24. The van der Waals surface area contributed by atoms with E-state index in [1.54, 1.807) is 12.4 Å². The summed E-state index contributed by atoms with van der Waals surface area (Å²) in [6, 6.07) is 10.2. The highest BCUT2D eigenvalue weighted by atomic mass is 32.2. The lowest BCUT2D eigenvalue weighted by Gasteiger charge is -2.12. The smallest absolute Gasteiger partial charge is 0.230 e. The number of hydrogen-bond acceptors (Lipinski definition) is 5. The Balaban J connectivity index is 1.94. The molecule has 1 amide bonds. The third-order valence-electron chi connectivity index (χ3n) is 4.08. The Kier molecular flexibility index (Phi) is 6.46. The van der Waals surface area contributed by atoms with Crippen molar-refractivity contribution in [2.24, 2.45) is 5.92 Å². The van der Waals surface area contributed by atoms with Crippen LogP contribution in [0.3, 0.4) is 0 Å². The van der Waals surface area contributed by atoms with Crippen LogP contribution in [0.25, 0.3) is 17.1 Å². The highest BCUT2D eigenvalue weighted by Crippen LogP contribution is 2.28. The van der Waals surface area contributed by atoms with Crippen LogP contribution < -0.4 is 5.32 Å². The highest BCUT2D eigenvalue weighted by Gasteiger charge is 2.17. The zero-order valence-corrected chi connectivity index (χ0v) is 17.5. The van der Waals surface area contributed by atoms with Crippen molar-refractivity contribution < 1.29 is 4.79 Å². The van der Waals surface area contributed by atoms with Gasteiger partial charge in [0.2, 0.25) is 5.91 Å². The van der Waals surface area contributed by atoms with Gasteiger partial charge < -0.3 is 5.32 Å². The number of amides is 1. The first-order chi connectivity index (χ1) is 13.4. The number of rotatable bonds is 7. The molecule has 3 aromatic rings. The molecule has 2 heterocycles. The summed E-state index contributed by atoms with van der Waals surface area (Å²) in [5, 5.41) is 12.4. The molecule has 6 nitrogen and oxygen atoms in total. The van der Waals surface area contributed by atoms with E-state index < -0.39 is 0 Å². The molecule has 1 N–H and O–H groups in total. The summed E-state index contributed by atoms with van der Waals surface area (Å²) in [4.78, 5) is 16.2. The first-order valence-corrected chi connectivity index (χ1v) is 10.3. The molecule has 2 aromatic heterocycles. The maximum absolute atomic E-state index is 12.2. The van der Waals surface area contributed by atoms with E-state index in [1.165, 1.54) is 11.8 Å². The quantitative estimate of drug-likeness (QED) is 0.616. The summed E-state index contributed by atoms with van der Waals surface area (Å²) in [6.07, 6.45) is 3.48. The summed E-state index contributed by atoms with van der Waals surface area (Å²) in [7, 11) is 0. The molecule has 1 aromatic carbocycles. The lowest BCUT2D eigenvalue weighted by Crippen LogP contribution is -2.28. The van der Waals surface area contributed by atoms with Gasteiger partial charge in [-0.15, -0.1) is 10.2 Å². The van der Waals surface area contributed by atoms with Crippen molar-refractivity contribution in [2.45, 2.75) is 32.9 Å². The van der Waals surface area contributed by atoms with E-state index in [0.717, 1.165) is 28.2 Å². The number of aryl methyl sites for hydroxylation is 2. The first-order valence-electron chi connectivity index (χ1n) is 9.28. The maximum Gasteiger partial charge on any atom is 0.230 e. The third kappa shape index (κ3) is 4.98. The molecule has 0 saturated heterocycles. The molecule has 0 atom stereocenters.